The van der Waals surface area contributed by atoms with Crippen molar-refractivity contribution in [2.24, 2.45) is 0 Å². The number of aromatic nitrogens is 1. The summed E-state index contributed by atoms with van der Waals surface area (Å²) < 4.78 is 26.2. The molecule has 3 rings (SSSR count). The molecule has 0 aliphatic rings. The Bertz CT molecular complexity index is 1080. The fourth-order valence-electron chi connectivity index (χ4n) is 2.75. The van der Waals surface area contributed by atoms with E-state index in [1.54, 1.807) is 30.5 Å². The van der Waals surface area contributed by atoms with E-state index in [0.717, 1.165) is 28.0 Å². The van der Waals surface area contributed by atoms with Crippen LogP contribution < -0.4 is 3.82 Å². The molecule has 3 aromatic rings. The molecule has 0 fully saturated rings. The zero-order valence-corrected chi connectivity index (χ0v) is 17.4. The summed E-state index contributed by atoms with van der Waals surface area (Å²) in [6.07, 6.45) is -0.957. The Morgan fingerprint density at radius 1 is 1.07 bits per heavy atom. The van der Waals surface area contributed by atoms with E-state index in [0.29, 0.717) is 15.1 Å². The van der Waals surface area contributed by atoms with Gasteiger partial charge in [-0.3, -0.25) is 0 Å². The second-order valence-corrected chi connectivity index (χ2v) is 9.36. The molecule has 8 heteroatoms. The van der Waals surface area contributed by atoms with Crippen LogP contribution in [-0.4, -0.2) is 18.5 Å². The number of aliphatic hydroxyl groups is 1. The fourth-order valence-corrected chi connectivity index (χ4v) is 5.34. The van der Waals surface area contributed by atoms with E-state index in [4.69, 9.17) is 11.8 Å². The zero-order valence-electron chi connectivity index (χ0n) is 15.0. The number of benzene rings is 2. The summed E-state index contributed by atoms with van der Waals surface area (Å²) >= 11 is 7.20. The average molecular weight is 423 g/mol. The van der Waals surface area contributed by atoms with Gasteiger partial charge in [0.2, 0.25) is 5.13 Å². The second-order valence-electron chi connectivity index (χ2n) is 6.23. The van der Waals surface area contributed by atoms with Crippen LogP contribution in [0, 0.1) is 20.8 Å². The molecule has 27 heavy (non-hydrogen) atoms. The first-order chi connectivity index (χ1) is 12.7. The summed E-state index contributed by atoms with van der Waals surface area (Å²) in [7, 11) is -3.95. The summed E-state index contributed by atoms with van der Waals surface area (Å²) in [5.41, 5.74) is 3.71. The molecule has 0 radical (unpaired) electrons. The van der Waals surface area contributed by atoms with E-state index in [9.17, 15) is 13.5 Å². The molecule has 0 bridgehead atoms. The lowest BCUT2D eigenvalue weighted by Gasteiger charge is -2.15. The van der Waals surface area contributed by atoms with Gasteiger partial charge in [-0.15, -0.1) is 15.2 Å². The van der Waals surface area contributed by atoms with Crippen LogP contribution in [0.25, 0.3) is 0 Å². The van der Waals surface area contributed by atoms with Crippen LogP contribution in [0.15, 0.2) is 52.7 Å². The Hall–Kier alpha value is -1.93. The minimum absolute atomic E-state index is 0.0827. The van der Waals surface area contributed by atoms with Crippen LogP contribution in [0.3, 0.4) is 0 Å². The Kier molecular flexibility index (Phi) is 5.58. The van der Waals surface area contributed by atoms with Gasteiger partial charge in [0.15, 0.2) is 0 Å². The number of hydrogen-bond acceptors (Lipinski definition) is 5. The number of halogens is 1. The zero-order chi connectivity index (χ0) is 19.8. The molecule has 0 amide bonds. The van der Waals surface area contributed by atoms with Crippen molar-refractivity contribution in [1.29, 1.82) is 0 Å². The highest BCUT2D eigenvalue weighted by Gasteiger charge is 2.28. The van der Waals surface area contributed by atoms with Gasteiger partial charge >= 0.3 is 0 Å². The number of sulfonamides is 1. The summed E-state index contributed by atoms with van der Waals surface area (Å²) in [4.78, 5) is 4.38. The molecule has 1 N–H and O–H groups in total. The number of aryl methyl sites for hydroxylation is 2. The molecule has 0 saturated carbocycles. The first kappa shape index (κ1) is 19.8. The lowest BCUT2D eigenvalue weighted by atomic mass is 9.98. The second kappa shape index (κ2) is 7.59. The van der Waals surface area contributed by atoms with Gasteiger partial charge < -0.3 is 5.11 Å². The number of hydrogen-bond donors (Lipinski definition) is 1. The Morgan fingerprint density at radius 3 is 2.44 bits per heavy atom. The van der Waals surface area contributed by atoms with Crippen molar-refractivity contribution >= 4 is 38.3 Å². The van der Waals surface area contributed by atoms with Crippen LogP contribution in [0.2, 0.25) is 0 Å². The van der Waals surface area contributed by atoms with Gasteiger partial charge in [-0.25, -0.2) is 4.98 Å². The van der Waals surface area contributed by atoms with Crippen LogP contribution >= 0.6 is 23.1 Å². The van der Waals surface area contributed by atoms with E-state index in [1.807, 2.05) is 32.0 Å². The molecule has 142 valence electrons. The largest absolute Gasteiger partial charge is 0.382 e. The smallest absolute Gasteiger partial charge is 0.280 e. The quantitative estimate of drug-likeness (QED) is 0.614. The van der Waals surface area contributed by atoms with Crippen LogP contribution in [0.4, 0.5) is 5.13 Å². The van der Waals surface area contributed by atoms with Crippen LogP contribution in [-0.2, 0) is 10.0 Å². The van der Waals surface area contributed by atoms with Crippen LogP contribution in [0.5, 0.6) is 0 Å². The lowest BCUT2D eigenvalue weighted by Crippen LogP contribution is -2.22. The monoisotopic (exact) mass is 422 g/mol. The normalized spacial score (nSPS) is 12.8. The Balaban J connectivity index is 1.93. The van der Waals surface area contributed by atoms with Crippen molar-refractivity contribution in [3.8, 4) is 0 Å². The fraction of sp³-hybridized carbons (Fsp3) is 0.211. The minimum Gasteiger partial charge on any atom is -0.382 e. The van der Waals surface area contributed by atoms with Crippen molar-refractivity contribution in [3.63, 3.8) is 0 Å². The van der Waals surface area contributed by atoms with E-state index >= 15 is 0 Å². The molecule has 1 aromatic heterocycles. The molecule has 0 aliphatic heterocycles. The first-order valence-electron chi connectivity index (χ1n) is 8.20. The predicted octanol–water partition coefficient (Wildman–Crippen LogP) is 4.50. The third-order valence-corrected chi connectivity index (χ3v) is 7.84. The number of aliphatic hydroxyl groups excluding tert-OH is 1. The van der Waals surface area contributed by atoms with E-state index in [2.05, 4.69) is 4.98 Å². The number of thiazole rings is 1. The molecule has 0 saturated heterocycles. The molecular weight excluding hydrogens is 404 g/mol. The van der Waals surface area contributed by atoms with Crippen molar-refractivity contribution < 1.29 is 13.5 Å². The summed E-state index contributed by atoms with van der Waals surface area (Å²) in [6, 6.07) is 12.3. The number of rotatable bonds is 5. The van der Waals surface area contributed by atoms with Crippen molar-refractivity contribution in [2.45, 2.75) is 31.8 Å². The van der Waals surface area contributed by atoms with Gasteiger partial charge in [0.25, 0.3) is 10.0 Å². The van der Waals surface area contributed by atoms with Gasteiger partial charge in [-0.05, 0) is 49.1 Å². The first-order valence-corrected chi connectivity index (χ1v) is 10.9. The maximum absolute atomic E-state index is 12.8. The van der Waals surface area contributed by atoms with E-state index in [1.165, 1.54) is 6.07 Å². The standard InChI is InChI=1S/C19H19ClN2O3S2/c1-12-8-6-9-15(14(12)3)18(23)16-11-26-19(21-16)22(20)27(24,25)17-10-5-4-7-13(17)2/h4-11,18,23H,1-3H3. The SMILES string of the molecule is Cc1ccccc1S(=O)(=O)N(Cl)c1nc(C(O)c2cccc(C)c2C)cs1. The highest BCUT2D eigenvalue weighted by Crippen LogP contribution is 2.34. The highest BCUT2D eigenvalue weighted by atomic mass is 35.5. The molecule has 1 heterocycles. The summed E-state index contributed by atoms with van der Waals surface area (Å²) in [5.74, 6) is 0. The van der Waals surface area contributed by atoms with Gasteiger partial charge in [-0.2, -0.15) is 8.42 Å². The van der Waals surface area contributed by atoms with Crippen molar-refractivity contribution in [2.75, 3.05) is 3.82 Å². The Morgan fingerprint density at radius 2 is 1.74 bits per heavy atom. The third-order valence-electron chi connectivity index (χ3n) is 4.46. The molecule has 1 unspecified atom stereocenters. The maximum Gasteiger partial charge on any atom is 0.280 e. The van der Waals surface area contributed by atoms with E-state index in [-0.39, 0.29) is 10.0 Å². The predicted molar refractivity (Wildman–Crippen MR) is 109 cm³/mol. The highest BCUT2D eigenvalue weighted by molar-refractivity contribution is 7.94. The molecular formula is C19H19ClN2O3S2. The lowest BCUT2D eigenvalue weighted by molar-refractivity contribution is 0.215. The molecule has 1 atom stereocenters. The summed E-state index contributed by atoms with van der Waals surface area (Å²) in [5, 5.41) is 12.4. The van der Waals surface area contributed by atoms with Gasteiger partial charge in [0, 0.05) is 17.2 Å². The molecule has 2 aromatic carbocycles. The Labute approximate surface area is 168 Å². The molecule has 0 aliphatic carbocycles. The number of anilines is 1. The number of nitrogens with zero attached hydrogens (tertiary/aromatic N) is 2. The van der Waals surface area contributed by atoms with Gasteiger partial charge in [-0.1, -0.05) is 36.4 Å². The van der Waals surface area contributed by atoms with Crippen molar-refractivity contribution in [3.05, 3.63) is 75.8 Å². The minimum atomic E-state index is -3.95. The summed E-state index contributed by atoms with van der Waals surface area (Å²) in [6.45, 7) is 5.60. The molecule has 0 spiro atoms. The molecule has 5 nitrogen and oxygen atoms in total. The average Bonchev–Trinajstić information content (AvgIpc) is 3.13. The maximum atomic E-state index is 12.8. The van der Waals surface area contributed by atoms with Gasteiger partial charge in [0.05, 0.1) is 10.6 Å². The third kappa shape index (κ3) is 3.73. The van der Waals surface area contributed by atoms with E-state index < -0.39 is 16.1 Å². The van der Waals surface area contributed by atoms with Crippen LogP contribution in [0.1, 0.15) is 34.1 Å². The van der Waals surface area contributed by atoms with Crippen molar-refractivity contribution in [1.82, 2.24) is 4.98 Å². The topological polar surface area (TPSA) is 70.5 Å². The van der Waals surface area contributed by atoms with Gasteiger partial charge in [0.1, 0.15) is 6.10 Å².